The largest absolute Gasteiger partial charge is 0.497 e. The predicted molar refractivity (Wildman–Crippen MR) is 107 cm³/mol. The van der Waals surface area contributed by atoms with Gasteiger partial charge in [-0.05, 0) is 36.4 Å². The number of aromatic amines is 1. The Labute approximate surface area is 163 Å². The Morgan fingerprint density at radius 1 is 1.14 bits per heavy atom. The van der Waals surface area contributed by atoms with E-state index in [2.05, 4.69) is 15.3 Å². The number of benzene rings is 2. The maximum absolute atomic E-state index is 13.3. The second kappa shape index (κ2) is 7.32. The van der Waals surface area contributed by atoms with Crippen LogP contribution in [0.25, 0.3) is 22.2 Å². The summed E-state index contributed by atoms with van der Waals surface area (Å²) in [7, 11) is 3.16. The van der Waals surface area contributed by atoms with E-state index < -0.39 is 0 Å². The number of thiazole rings is 1. The molecule has 8 heteroatoms. The van der Waals surface area contributed by atoms with Crippen LogP contribution in [-0.4, -0.2) is 30.1 Å². The third-order valence-electron chi connectivity index (χ3n) is 4.24. The van der Waals surface area contributed by atoms with Gasteiger partial charge < -0.3 is 14.5 Å². The lowest BCUT2D eigenvalue weighted by atomic mass is 10.1. The summed E-state index contributed by atoms with van der Waals surface area (Å²) in [5.74, 6) is 0.607. The Balaban J connectivity index is 1.56. The fourth-order valence-electron chi connectivity index (χ4n) is 2.86. The second-order valence-corrected chi connectivity index (χ2v) is 6.83. The number of anilines is 1. The van der Waals surface area contributed by atoms with Gasteiger partial charge in [-0.2, -0.15) is 0 Å². The Bertz CT molecular complexity index is 1170. The average molecular weight is 397 g/mol. The van der Waals surface area contributed by atoms with E-state index in [1.165, 1.54) is 23.5 Å². The summed E-state index contributed by atoms with van der Waals surface area (Å²) in [5.41, 5.74) is 2.49. The molecule has 0 aliphatic heterocycles. The van der Waals surface area contributed by atoms with Crippen molar-refractivity contribution in [2.45, 2.75) is 0 Å². The lowest BCUT2D eigenvalue weighted by molar-refractivity contribution is 0.102. The van der Waals surface area contributed by atoms with Crippen LogP contribution in [0.3, 0.4) is 0 Å². The van der Waals surface area contributed by atoms with Gasteiger partial charge >= 0.3 is 0 Å². The first-order valence-corrected chi connectivity index (χ1v) is 9.23. The third-order valence-corrected chi connectivity index (χ3v) is 4.99. The van der Waals surface area contributed by atoms with Crippen molar-refractivity contribution in [1.82, 2.24) is 9.97 Å². The molecule has 0 radical (unpaired) electrons. The first kappa shape index (κ1) is 18.0. The van der Waals surface area contributed by atoms with Crippen LogP contribution in [0.5, 0.6) is 11.5 Å². The van der Waals surface area contributed by atoms with Gasteiger partial charge in [0, 0.05) is 27.9 Å². The summed E-state index contributed by atoms with van der Waals surface area (Å²) in [6.45, 7) is 0. The molecule has 0 bridgehead atoms. The fraction of sp³-hybridized carbons (Fsp3) is 0.100. The van der Waals surface area contributed by atoms with Gasteiger partial charge in [-0.25, -0.2) is 9.37 Å². The molecule has 142 valence electrons. The van der Waals surface area contributed by atoms with E-state index in [0.29, 0.717) is 38.9 Å². The number of ether oxygens (including phenoxy) is 2. The summed E-state index contributed by atoms with van der Waals surface area (Å²) < 4.78 is 23.9. The second-order valence-electron chi connectivity index (χ2n) is 5.97. The van der Waals surface area contributed by atoms with E-state index in [4.69, 9.17) is 9.47 Å². The van der Waals surface area contributed by atoms with Crippen molar-refractivity contribution >= 4 is 33.3 Å². The lowest BCUT2D eigenvalue weighted by Gasteiger charge is -2.08. The van der Waals surface area contributed by atoms with Crippen molar-refractivity contribution in [3.8, 4) is 22.8 Å². The van der Waals surface area contributed by atoms with Crippen LogP contribution in [-0.2, 0) is 0 Å². The predicted octanol–water partition coefficient (Wildman–Crippen LogP) is 4.70. The first-order valence-electron chi connectivity index (χ1n) is 8.35. The molecule has 0 saturated carbocycles. The normalized spacial score (nSPS) is 10.8. The molecule has 2 heterocycles. The molecule has 0 aliphatic rings. The van der Waals surface area contributed by atoms with Gasteiger partial charge in [0.1, 0.15) is 23.0 Å². The first-order chi connectivity index (χ1) is 13.6. The van der Waals surface area contributed by atoms with Crippen molar-refractivity contribution in [3.05, 3.63) is 59.4 Å². The standard InChI is InChI=1S/C20H16FN3O3S/c1-26-13-4-5-14(18(9-13)27-2)17-10-28-20(23-17)24-19(25)16-8-11-7-12(21)3-6-15(11)22-16/h3-10,22H,1-2H3,(H,23,24,25). The number of aromatic nitrogens is 2. The molecule has 0 fully saturated rings. The number of nitrogens with one attached hydrogen (secondary N) is 2. The zero-order valence-electron chi connectivity index (χ0n) is 15.1. The van der Waals surface area contributed by atoms with E-state index in [-0.39, 0.29) is 11.7 Å². The number of hydrogen-bond donors (Lipinski definition) is 2. The lowest BCUT2D eigenvalue weighted by Crippen LogP contribution is -2.11. The van der Waals surface area contributed by atoms with Crippen LogP contribution in [0.2, 0.25) is 0 Å². The number of rotatable bonds is 5. The van der Waals surface area contributed by atoms with E-state index in [1.54, 1.807) is 32.4 Å². The van der Waals surface area contributed by atoms with Crippen LogP contribution in [0, 0.1) is 5.82 Å². The van der Waals surface area contributed by atoms with Crippen LogP contribution >= 0.6 is 11.3 Å². The number of carbonyl (C=O) groups is 1. The van der Waals surface area contributed by atoms with E-state index in [0.717, 1.165) is 5.56 Å². The highest BCUT2D eigenvalue weighted by atomic mass is 32.1. The number of nitrogens with zero attached hydrogens (tertiary/aromatic N) is 1. The zero-order valence-corrected chi connectivity index (χ0v) is 15.9. The Morgan fingerprint density at radius 3 is 2.79 bits per heavy atom. The topological polar surface area (TPSA) is 76.2 Å². The van der Waals surface area contributed by atoms with Crippen molar-refractivity contribution in [1.29, 1.82) is 0 Å². The maximum Gasteiger partial charge on any atom is 0.273 e. The number of H-pyrrole nitrogens is 1. The van der Waals surface area contributed by atoms with Crippen molar-refractivity contribution < 1.29 is 18.7 Å². The van der Waals surface area contributed by atoms with Gasteiger partial charge in [0.25, 0.3) is 5.91 Å². The van der Waals surface area contributed by atoms with E-state index in [1.807, 2.05) is 17.5 Å². The molecule has 0 aliphatic carbocycles. The zero-order chi connectivity index (χ0) is 19.7. The van der Waals surface area contributed by atoms with Gasteiger partial charge in [-0.3, -0.25) is 10.1 Å². The van der Waals surface area contributed by atoms with Gasteiger partial charge in [0.2, 0.25) is 0 Å². The number of amides is 1. The van der Waals surface area contributed by atoms with Crippen LogP contribution < -0.4 is 14.8 Å². The molecule has 4 aromatic rings. The minimum atomic E-state index is -0.350. The molecule has 0 saturated heterocycles. The number of carbonyl (C=O) groups excluding carboxylic acids is 1. The highest BCUT2D eigenvalue weighted by molar-refractivity contribution is 7.14. The van der Waals surface area contributed by atoms with Gasteiger partial charge in [-0.15, -0.1) is 11.3 Å². The molecule has 2 aromatic heterocycles. The monoisotopic (exact) mass is 397 g/mol. The molecule has 1 amide bonds. The summed E-state index contributed by atoms with van der Waals surface area (Å²) in [5, 5.41) is 5.68. The molecular formula is C20H16FN3O3S. The quantitative estimate of drug-likeness (QED) is 0.512. The summed E-state index contributed by atoms with van der Waals surface area (Å²) in [4.78, 5) is 20.0. The highest BCUT2D eigenvalue weighted by Gasteiger charge is 2.15. The minimum absolute atomic E-state index is 0.333. The number of fused-ring (bicyclic) bond motifs is 1. The molecule has 28 heavy (non-hydrogen) atoms. The van der Waals surface area contributed by atoms with Gasteiger partial charge in [-0.1, -0.05) is 0 Å². The van der Waals surface area contributed by atoms with E-state index in [9.17, 15) is 9.18 Å². The van der Waals surface area contributed by atoms with Gasteiger partial charge in [0.15, 0.2) is 5.13 Å². The van der Waals surface area contributed by atoms with Crippen LogP contribution in [0.15, 0.2) is 47.8 Å². The molecule has 2 N–H and O–H groups in total. The van der Waals surface area contributed by atoms with Gasteiger partial charge in [0.05, 0.1) is 19.9 Å². The van der Waals surface area contributed by atoms with Crippen LogP contribution in [0.1, 0.15) is 10.5 Å². The summed E-state index contributed by atoms with van der Waals surface area (Å²) >= 11 is 1.30. The molecule has 2 aromatic carbocycles. The van der Waals surface area contributed by atoms with Crippen molar-refractivity contribution in [3.63, 3.8) is 0 Å². The number of hydrogen-bond acceptors (Lipinski definition) is 5. The average Bonchev–Trinajstić information content (AvgIpc) is 3.34. The minimum Gasteiger partial charge on any atom is -0.497 e. The fourth-order valence-corrected chi connectivity index (χ4v) is 3.56. The molecule has 0 spiro atoms. The summed E-state index contributed by atoms with van der Waals surface area (Å²) in [6.07, 6.45) is 0. The molecular weight excluding hydrogens is 381 g/mol. The number of methoxy groups -OCH3 is 2. The Hall–Kier alpha value is -3.39. The molecule has 0 atom stereocenters. The Kier molecular flexibility index (Phi) is 4.70. The molecule has 6 nitrogen and oxygen atoms in total. The van der Waals surface area contributed by atoms with Crippen molar-refractivity contribution in [2.75, 3.05) is 19.5 Å². The van der Waals surface area contributed by atoms with E-state index >= 15 is 0 Å². The maximum atomic E-state index is 13.3. The highest BCUT2D eigenvalue weighted by Crippen LogP contribution is 2.35. The molecule has 4 rings (SSSR count). The number of halogens is 1. The van der Waals surface area contributed by atoms with Crippen molar-refractivity contribution in [2.24, 2.45) is 0 Å². The summed E-state index contributed by atoms with van der Waals surface area (Å²) in [6, 6.07) is 11.4. The Morgan fingerprint density at radius 2 is 2.00 bits per heavy atom. The smallest absolute Gasteiger partial charge is 0.273 e. The SMILES string of the molecule is COc1ccc(-c2csc(NC(=O)c3cc4cc(F)ccc4[nH]3)n2)c(OC)c1. The van der Waals surface area contributed by atoms with Crippen LogP contribution in [0.4, 0.5) is 9.52 Å². The third kappa shape index (κ3) is 3.41. The molecule has 0 unspecified atom stereocenters.